The highest BCUT2D eigenvalue weighted by Crippen LogP contribution is 2.30. The van der Waals surface area contributed by atoms with E-state index in [1.807, 2.05) is 0 Å². The fourth-order valence-corrected chi connectivity index (χ4v) is 3.65. The van der Waals surface area contributed by atoms with Gasteiger partial charge in [0.05, 0.1) is 9.83 Å². The van der Waals surface area contributed by atoms with Crippen LogP contribution >= 0.6 is 27.3 Å². The standard InChI is InChI=1S/C18H24BrNS/c1-4-10-20-18(16-11-17(19)21-12-16)15-8-6-14(7-9-15)13(3)5-2/h6-9,11-13,18,20H,4-5,10H2,1-3H3. The fourth-order valence-electron chi connectivity index (χ4n) is 2.44. The molecule has 3 heteroatoms. The zero-order valence-electron chi connectivity index (χ0n) is 13.0. The van der Waals surface area contributed by atoms with Gasteiger partial charge in [-0.25, -0.2) is 0 Å². The van der Waals surface area contributed by atoms with Gasteiger partial charge in [-0.2, -0.15) is 0 Å². The van der Waals surface area contributed by atoms with Crippen LogP contribution in [0.4, 0.5) is 0 Å². The molecule has 2 rings (SSSR count). The second-order valence-electron chi connectivity index (χ2n) is 5.55. The van der Waals surface area contributed by atoms with Crippen molar-refractivity contribution in [2.24, 2.45) is 0 Å². The van der Waals surface area contributed by atoms with E-state index in [-0.39, 0.29) is 0 Å². The third kappa shape index (κ3) is 4.41. The number of rotatable bonds is 7. The van der Waals surface area contributed by atoms with Gasteiger partial charge in [0, 0.05) is 0 Å². The third-order valence-corrected chi connectivity index (χ3v) is 5.49. The summed E-state index contributed by atoms with van der Waals surface area (Å²) in [6.07, 6.45) is 2.33. The smallest absolute Gasteiger partial charge is 0.0701 e. The molecule has 1 aromatic heterocycles. The van der Waals surface area contributed by atoms with Gasteiger partial charge in [-0.3, -0.25) is 0 Å². The summed E-state index contributed by atoms with van der Waals surface area (Å²) >= 11 is 5.32. The summed E-state index contributed by atoms with van der Waals surface area (Å²) in [5.74, 6) is 0.636. The molecule has 1 aromatic carbocycles. The molecule has 21 heavy (non-hydrogen) atoms. The lowest BCUT2D eigenvalue weighted by molar-refractivity contribution is 0.599. The minimum atomic E-state index is 0.290. The molecule has 0 radical (unpaired) electrons. The summed E-state index contributed by atoms with van der Waals surface area (Å²) in [4.78, 5) is 0. The monoisotopic (exact) mass is 365 g/mol. The van der Waals surface area contributed by atoms with Gasteiger partial charge in [0.15, 0.2) is 0 Å². The number of halogens is 1. The highest BCUT2D eigenvalue weighted by molar-refractivity contribution is 9.11. The number of thiophene rings is 1. The van der Waals surface area contributed by atoms with Crippen molar-refractivity contribution in [3.8, 4) is 0 Å². The van der Waals surface area contributed by atoms with Crippen LogP contribution in [0.25, 0.3) is 0 Å². The molecule has 0 aliphatic carbocycles. The average molecular weight is 366 g/mol. The van der Waals surface area contributed by atoms with Crippen LogP contribution in [0.1, 0.15) is 62.3 Å². The molecule has 0 spiro atoms. The van der Waals surface area contributed by atoms with Crippen molar-refractivity contribution in [1.29, 1.82) is 0 Å². The largest absolute Gasteiger partial charge is 0.306 e. The molecule has 2 aromatic rings. The maximum absolute atomic E-state index is 3.66. The maximum atomic E-state index is 3.66. The molecule has 2 atom stereocenters. The van der Waals surface area contributed by atoms with Gasteiger partial charge >= 0.3 is 0 Å². The Labute approximate surface area is 140 Å². The highest BCUT2D eigenvalue weighted by Gasteiger charge is 2.15. The van der Waals surface area contributed by atoms with Crippen LogP contribution in [0.5, 0.6) is 0 Å². The van der Waals surface area contributed by atoms with Crippen molar-refractivity contribution in [1.82, 2.24) is 5.32 Å². The Balaban J connectivity index is 2.24. The molecule has 0 fully saturated rings. The van der Waals surface area contributed by atoms with E-state index in [0.29, 0.717) is 12.0 Å². The summed E-state index contributed by atoms with van der Waals surface area (Å²) < 4.78 is 1.19. The molecule has 2 unspecified atom stereocenters. The molecule has 0 aliphatic rings. The Morgan fingerprint density at radius 1 is 1.10 bits per heavy atom. The predicted octanol–water partition coefficient (Wildman–Crippen LogP) is 6.11. The molecular weight excluding hydrogens is 342 g/mol. The first-order valence-electron chi connectivity index (χ1n) is 7.72. The molecule has 0 saturated heterocycles. The van der Waals surface area contributed by atoms with Gasteiger partial charge in [-0.1, -0.05) is 45.0 Å². The highest BCUT2D eigenvalue weighted by atomic mass is 79.9. The lowest BCUT2D eigenvalue weighted by Gasteiger charge is -2.19. The van der Waals surface area contributed by atoms with Gasteiger partial charge in [-0.15, -0.1) is 11.3 Å². The van der Waals surface area contributed by atoms with Crippen LogP contribution in [-0.4, -0.2) is 6.54 Å². The van der Waals surface area contributed by atoms with Crippen molar-refractivity contribution in [3.05, 3.63) is 56.2 Å². The van der Waals surface area contributed by atoms with E-state index in [9.17, 15) is 0 Å². The first-order chi connectivity index (χ1) is 10.2. The van der Waals surface area contributed by atoms with E-state index in [0.717, 1.165) is 13.0 Å². The van der Waals surface area contributed by atoms with Crippen LogP contribution in [0.2, 0.25) is 0 Å². The summed E-state index contributed by atoms with van der Waals surface area (Å²) in [6.45, 7) is 7.77. The van der Waals surface area contributed by atoms with E-state index >= 15 is 0 Å². The number of hydrogen-bond acceptors (Lipinski definition) is 2. The van der Waals surface area contributed by atoms with Crippen LogP contribution in [0.3, 0.4) is 0 Å². The van der Waals surface area contributed by atoms with E-state index < -0.39 is 0 Å². The first kappa shape index (κ1) is 16.7. The Hall–Kier alpha value is -0.640. The molecule has 1 nitrogen and oxygen atoms in total. The normalized spacial score (nSPS) is 14.1. The Bertz CT molecular complexity index is 547. The van der Waals surface area contributed by atoms with Crippen molar-refractivity contribution in [2.45, 2.75) is 45.6 Å². The maximum Gasteiger partial charge on any atom is 0.0701 e. The molecule has 114 valence electrons. The van der Waals surface area contributed by atoms with Crippen molar-refractivity contribution in [2.75, 3.05) is 6.54 Å². The molecule has 0 bridgehead atoms. The third-order valence-electron chi connectivity index (χ3n) is 3.97. The molecule has 0 amide bonds. The van der Waals surface area contributed by atoms with Gasteiger partial charge in [0.2, 0.25) is 0 Å². The Kier molecular flexibility index (Phi) is 6.46. The van der Waals surface area contributed by atoms with Crippen molar-refractivity contribution < 1.29 is 0 Å². The van der Waals surface area contributed by atoms with Crippen LogP contribution in [0.15, 0.2) is 39.5 Å². The van der Waals surface area contributed by atoms with E-state index in [1.54, 1.807) is 11.3 Å². The summed E-state index contributed by atoms with van der Waals surface area (Å²) in [7, 11) is 0. The molecule has 1 N–H and O–H groups in total. The van der Waals surface area contributed by atoms with E-state index in [2.05, 4.69) is 77.7 Å². The summed E-state index contributed by atoms with van der Waals surface area (Å²) in [6, 6.07) is 11.6. The summed E-state index contributed by atoms with van der Waals surface area (Å²) in [5.41, 5.74) is 4.12. The number of nitrogens with one attached hydrogen (secondary N) is 1. The second-order valence-corrected chi connectivity index (χ2v) is 7.84. The van der Waals surface area contributed by atoms with E-state index in [4.69, 9.17) is 0 Å². The minimum Gasteiger partial charge on any atom is -0.306 e. The minimum absolute atomic E-state index is 0.290. The first-order valence-corrected chi connectivity index (χ1v) is 9.40. The Morgan fingerprint density at radius 3 is 2.29 bits per heavy atom. The van der Waals surface area contributed by atoms with Gasteiger partial charge in [0.1, 0.15) is 0 Å². The molecular formula is C18H24BrNS. The van der Waals surface area contributed by atoms with E-state index in [1.165, 1.54) is 26.9 Å². The zero-order chi connectivity index (χ0) is 15.2. The number of benzene rings is 1. The Morgan fingerprint density at radius 2 is 1.76 bits per heavy atom. The van der Waals surface area contributed by atoms with Gasteiger partial charge in [0.25, 0.3) is 0 Å². The molecule has 1 heterocycles. The van der Waals surface area contributed by atoms with Crippen molar-refractivity contribution >= 4 is 27.3 Å². The molecule has 0 saturated carbocycles. The molecule has 0 aliphatic heterocycles. The lowest BCUT2D eigenvalue weighted by Crippen LogP contribution is -2.22. The SMILES string of the molecule is CCCNC(c1ccc(C(C)CC)cc1)c1csc(Br)c1. The van der Waals surface area contributed by atoms with Gasteiger partial charge in [-0.05, 0) is 69.4 Å². The second kappa shape index (κ2) is 8.11. The average Bonchev–Trinajstić information content (AvgIpc) is 2.94. The van der Waals surface area contributed by atoms with Crippen LogP contribution in [0, 0.1) is 0 Å². The topological polar surface area (TPSA) is 12.0 Å². The van der Waals surface area contributed by atoms with Crippen LogP contribution < -0.4 is 5.32 Å². The van der Waals surface area contributed by atoms with Crippen molar-refractivity contribution in [3.63, 3.8) is 0 Å². The zero-order valence-corrected chi connectivity index (χ0v) is 15.4. The van der Waals surface area contributed by atoms with Crippen LogP contribution in [-0.2, 0) is 0 Å². The number of hydrogen-bond donors (Lipinski definition) is 1. The quantitative estimate of drug-likeness (QED) is 0.623. The summed E-state index contributed by atoms with van der Waals surface area (Å²) in [5, 5.41) is 5.90. The van der Waals surface area contributed by atoms with Gasteiger partial charge < -0.3 is 5.32 Å². The lowest BCUT2D eigenvalue weighted by atomic mass is 9.94. The fraction of sp³-hybridized carbons (Fsp3) is 0.444. The predicted molar refractivity (Wildman–Crippen MR) is 97.3 cm³/mol.